The lowest BCUT2D eigenvalue weighted by Gasteiger charge is -2.05. The van der Waals surface area contributed by atoms with E-state index in [4.69, 9.17) is 9.84 Å². The number of rotatable bonds is 6. The number of ether oxygens (including phenoxy) is 1. The van der Waals surface area contributed by atoms with Crippen LogP contribution in [0.2, 0.25) is 0 Å². The molecule has 0 saturated carbocycles. The summed E-state index contributed by atoms with van der Waals surface area (Å²) in [5.41, 5.74) is 4.11. The fourth-order valence-electron chi connectivity index (χ4n) is 2.92. The van der Waals surface area contributed by atoms with Gasteiger partial charge in [0.15, 0.2) is 5.82 Å². The smallest absolute Gasteiger partial charge is 0.153 e. The van der Waals surface area contributed by atoms with Crippen molar-refractivity contribution >= 4 is 23.7 Å². The van der Waals surface area contributed by atoms with Crippen LogP contribution in [0.5, 0.6) is 5.75 Å². The third-order valence-electron chi connectivity index (χ3n) is 4.35. The van der Waals surface area contributed by atoms with Gasteiger partial charge in [-0.15, -0.1) is 5.10 Å². The van der Waals surface area contributed by atoms with E-state index in [9.17, 15) is 0 Å². The van der Waals surface area contributed by atoms with Crippen LogP contribution in [-0.2, 0) is 0 Å². The van der Waals surface area contributed by atoms with Crippen LogP contribution in [0.3, 0.4) is 0 Å². The summed E-state index contributed by atoms with van der Waals surface area (Å²) in [7, 11) is 1.66. The van der Waals surface area contributed by atoms with Gasteiger partial charge < -0.3 is 10.1 Å². The summed E-state index contributed by atoms with van der Waals surface area (Å²) in [6.07, 6.45) is 4.17. The first kappa shape index (κ1) is 17.6. The van der Waals surface area contributed by atoms with Crippen molar-refractivity contribution in [2.75, 3.05) is 12.4 Å². The zero-order valence-corrected chi connectivity index (χ0v) is 15.6. The molecule has 0 bridgehead atoms. The highest BCUT2D eigenvalue weighted by Gasteiger charge is 2.08. The van der Waals surface area contributed by atoms with Crippen molar-refractivity contribution in [2.45, 2.75) is 0 Å². The molecule has 0 aliphatic heterocycles. The Kier molecular flexibility index (Phi) is 5.20. The predicted molar refractivity (Wildman–Crippen MR) is 115 cm³/mol. The van der Waals surface area contributed by atoms with Crippen LogP contribution in [0.15, 0.2) is 91.0 Å². The second-order valence-corrected chi connectivity index (χ2v) is 6.30. The van der Waals surface area contributed by atoms with Crippen molar-refractivity contribution in [1.82, 2.24) is 9.78 Å². The van der Waals surface area contributed by atoms with Crippen LogP contribution in [0.4, 0.5) is 11.5 Å². The maximum absolute atomic E-state index is 5.22. The van der Waals surface area contributed by atoms with E-state index in [0.717, 1.165) is 34.2 Å². The predicted octanol–water partition coefficient (Wildman–Crippen LogP) is 5.79. The van der Waals surface area contributed by atoms with E-state index < -0.39 is 0 Å². The van der Waals surface area contributed by atoms with Gasteiger partial charge in [-0.05, 0) is 48.0 Å². The Balaban J connectivity index is 1.66. The molecule has 0 spiro atoms. The van der Waals surface area contributed by atoms with Gasteiger partial charge in [-0.25, -0.2) is 4.68 Å². The van der Waals surface area contributed by atoms with E-state index in [1.807, 2.05) is 83.5 Å². The zero-order chi connectivity index (χ0) is 19.2. The molecule has 0 unspecified atom stereocenters. The van der Waals surface area contributed by atoms with Crippen molar-refractivity contribution in [1.29, 1.82) is 0 Å². The first-order valence-corrected chi connectivity index (χ1v) is 9.11. The Hall–Kier alpha value is -3.79. The molecule has 0 aliphatic rings. The molecule has 0 aliphatic carbocycles. The van der Waals surface area contributed by atoms with E-state index >= 15 is 0 Å². The zero-order valence-electron chi connectivity index (χ0n) is 15.6. The highest BCUT2D eigenvalue weighted by Crippen LogP contribution is 2.23. The monoisotopic (exact) mass is 367 g/mol. The first-order valence-electron chi connectivity index (χ1n) is 9.11. The molecule has 1 aromatic heterocycles. The van der Waals surface area contributed by atoms with Crippen LogP contribution >= 0.6 is 0 Å². The van der Waals surface area contributed by atoms with E-state index in [2.05, 4.69) is 29.6 Å². The molecular weight excluding hydrogens is 346 g/mol. The van der Waals surface area contributed by atoms with Crippen LogP contribution in [0, 0.1) is 0 Å². The van der Waals surface area contributed by atoms with Crippen LogP contribution in [0.1, 0.15) is 11.3 Å². The van der Waals surface area contributed by atoms with Crippen molar-refractivity contribution in [3.63, 3.8) is 0 Å². The van der Waals surface area contributed by atoms with Crippen LogP contribution in [0.25, 0.3) is 17.8 Å². The standard InChI is InChI=1S/C24H21N3O/c1-28-23-16-13-20(14-17-23)25-24-18-22(15-12-19-8-4-2-5-9-19)27(26-24)21-10-6-3-7-11-21/h2-18H,1H3,(H,25,26). The minimum absolute atomic E-state index is 0.779. The summed E-state index contributed by atoms with van der Waals surface area (Å²) in [5.74, 6) is 1.61. The lowest BCUT2D eigenvalue weighted by atomic mass is 10.2. The summed E-state index contributed by atoms with van der Waals surface area (Å²) in [6.45, 7) is 0. The van der Waals surface area contributed by atoms with E-state index in [1.54, 1.807) is 7.11 Å². The SMILES string of the molecule is COc1ccc(Nc2cc(C=Cc3ccccc3)n(-c3ccccc3)n2)cc1. The Bertz CT molecular complexity index is 1050. The number of benzene rings is 3. The Labute approximate surface area is 164 Å². The third-order valence-corrected chi connectivity index (χ3v) is 4.35. The molecule has 4 rings (SSSR count). The minimum atomic E-state index is 0.779. The van der Waals surface area contributed by atoms with Gasteiger partial charge in [0.25, 0.3) is 0 Å². The summed E-state index contributed by atoms with van der Waals surface area (Å²) in [6, 6.07) is 30.2. The number of nitrogens with one attached hydrogen (secondary N) is 1. The van der Waals surface area contributed by atoms with E-state index in [0.29, 0.717) is 0 Å². The van der Waals surface area contributed by atoms with Crippen molar-refractivity contribution in [2.24, 2.45) is 0 Å². The van der Waals surface area contributed by atoms with E-state index in [1.165, 1.54) is 0 Å². The van der Waals surface area contributed by atoms with Gasteiger partial charge in [0.1, 0.15) is 5.75 Å². The first-order chi connectivity index (χ1) is 13.8. The summed E-state index contributed by atoms with van der Waals surface area (Å²) < 4.78 is 7.15. The maximum Gasteiger partial charge on any atom is 0.153 e. The summed E-state index contributed by atoms with van der Waals surface area (Å²) >= 11 is 0. The molecule has 138 valence electrons. The topological polar surface area (TPSA) is 39.1 Å². The van der Waals surface area contributed by atoms with Crippen LogP contribution in [-0.4, -0.2) is 16.9 Å². The number of methoxy groups -OCH3 is 1. The average Bonchev–Trinajstić information content (AvgIpc) is 3.17. The van der Waals surface area contributed by atoms with Gasteiger partial charge in [0.2, 0.25) is 0 Å². The van der Waals surface area contributed by atoms with Gasteiger partial charge in [0, 0.05) is 11.8 Å². The second-order valence-electron chi connectivity index (χ2n) is 6.30. The number of aromatic nitrogens is 2. The minimum Gasteiger partial charge on any atom is -0.497 e. The van der Waals surface area contributed by atoms with Gasteiger partial charge in [0.05, 0.1) is 18.5 Å². The van der Waals surface area contributed by atoms with Gasteiger partial charge in [-0.3, -0.25) is 0 Å². The molecule has 28 heavy (non-hydrogen) atoms. The molecule has 1 heterocycles. The highest BCUT2D eigenvalue weighted by molar-refractivity contribution is 5.71. The summed E-state index contributed by atoms with van der Waals surface area (Å²) in [5, 5.41) is 8.12. The molecule has 4 nitrogen and oxygen atoms in total. The number of anilines is 2. The maximum atomic E-state index is 5.22. The number of hydrogen-bond donors (Lipinski definition) is 1. The van der Waals surface area contributed by atoms with Gasteiger partial charge in [-0.2, -0.15) is 0 Å². The van der Waals surface area contributed by atoms with Gasteiger partial charge in [-0.1, -0.05) is 54.6 Å². The lowest BCUT2D eigenvalue weighted by molar-refractivity contribution is 0.415. The molecule has 0 fully saturated rings. The number of nitrogens with zero attached hydrogens (tertiary/aromatic N) is 2. The summed E-state index contributed by atoms with van der Waals surface area (Å²) in [4.78, 5) is 0. The molecule has 4 heteroatoms. The Morgan fingerprint density at radius 1 is 0.821 bits per heavy atom. The fourth-order valence-corrected chi connectivity index (χ4v) is 2.92. The quantitative estimate of drug-likeness (QED) is 0.468. The van der Waals surface area contributed by atoms with Crippen molar-refractivity contribution in [3.05, 3.63) is 102 Å². The van der Waals surface area contributed by atoms with Gasteiger partial charge >= 0.3 is 0 Å². The lowest BCUT2D eigenvalue weighted by Crippen LogP contribution is -1.99. The normalized spacial score (nSPS) is 10.9. The average molecular weight is 367 g/mol. The van der Waals surface area contributed by atoms with Crippen LogP contribution < -0.4 is 10.1 Å². The molecule has 3 aromatic carbocycles. The highest BCUT2D eigenvalue weighted by atomic mass is 16.5. The molecular formula is C24H21N3O. The third kappa shape index (κ3) is 4.13. The fraction of sp³-hybridized carbons (Fsp3) is 0.0417. The largest absolute Gasteiger partial charge is 0.497 e. The molecule has 0 saturated heterocycles. The molecule has 0 amide bonds. The van der Waals surface area contributed by atoms with Crippen molar-refractivity contribution in [3.8, 4) is 11.4 Å². The number of para-hydroxylation sites is 1. The molecule has 0 radical (unpaired) electrons. The van der Waals surface area contributed by atoms with Crippen molar-refractivity contribution < 1.29 is 4.74 Å². The molecule has 1 N–H and O–H groups in total. The Morgan fingerprint density at radius 2 is 1.50 bits per heavy atom. The van der Waals surface area contributed by atoms with E-state index in [-0.39, 0.29) is 0 Å². The molecule has 4 aromatic rings. The number of hydrogen-bond acceptors (Lipinski definition) is 3. The second kappa shape index (κ2) is 8.27. The Morgan fingerprint density at radius 3 is 2.18 bits per heavy atom. The molecule has 0 atom stereocenters.